The molecule has 2 amide bonds. The Kier molecular flexibility index (Phi) is 7.13. The first-order valence-corrected chi connectivity index (χ1v) is 11.5. The van der Waals surface area contributed by atoms with E-state index >= 15 is 0 Å². The predicted molar refractivity (Wildman–Crippen MR) is 124 cm³/mol. The highest BCUT2D eigenvalue weighted by Crippen LogP contribution is 2.22. The van der Waals surface area contributed by atoms with Crippen molar-refractivity contribution in [2.45, 2.75) is 18.4 Å². The zero-order valence-electron chi connectivity index (χ0n) is 18.4. The van der Waals surface area contributed by atoms with E-state index in [1.807, 2.05) is 0 Å². The van der Waals surface area contributed by atoms with Crippen molar-refractivity contribution < 1.29 is 22.4 Å². The van der Waals surface area contributed by atoms with Crippen LogP contribution in [0, 0.1) is 12.7 Å². The van der Waals surface area contributed by atoms with Crippen LogP contribution in [0.4, 0.5) is 10.1 Å². The molecule has 0 radical (unpaired) electrons. The number of hydrogen-bond acceptors (Lipinski definition) is 4. The quantitative estimate of drug-likeness (QED) is 0.553. The summed E-state index contributed by atoms with van der Waals surface area (Å²) in [5.41, 5.74) is 1.96. The van der Waals surface area contributed by atoms with Crippen molar-refractivity contribution >= 4 is 27.5 Å². The van der Waals surface area contributed by atoms with E-state index in [1.54, 1.807) is 45.3 Å². The largest absolute Gasteiger partial charge is 0.355 e. The Morgan fingerprint density at radius 3 is 2.30 bits per heavy atom. The van der Waals surface area contributed by atoms with Crippen LogP contribution in [0.25, 0.3) is 0 Å². The number of nitrogens with one attached hydrogen (secondary N) is 2. The van der Waals surface area contributed by atoms with Gasteiger partial charge in [-0.15, -0.1) is 0 Å². The summed E-state index contributed by atoms with van der Waals surface area (Å²) in [6.45, 7) is 1.97. The third kappa shape index (κ3) is 5.56. The summed E-state index contributed by atoms with van der Waals surface area (Å²) >= 11 is 0. The van der Waals surface area contributed by atoms with Gasteiger partial charge in [0.15, 0.2) is 0 Å². The predicted octanol–water partition coefficient (Wildman–Crippen LogP) is 3.57. The lowest BCUT2D eigenvalue weighted by Crippen LogP contribution is -2.27. The van der Waals surface area contributed by atoms with Crippen LogP contribution in [0.15, 0.2) is 71.6 Å². The maximum Gasteiger partial charge on any atom is 0.262 e. The van der Waals surface area contributed by atoms with E-state index in [2.05, 4.69) is 10.0 Å². The van der Waals surface area contributed by atoms with E-state index in [0.29, 0.717) is 11.1 Å². The molecule has 0 aromatic heterocycles. The second-order valence-electron chi connectivity index (χ2n) is 7.50. The van der Waals surface area contributed by atoms with Crippen LogP contribution in [0.1, 0.15) is 31.8 Å². The molecule has 0 bridgehead atoms. The minimum Gasteiger partial charge on any atom is -0.355 e. The Morgan fingerprint density at radius 2 is 1.67 bits per heavy atom. The van der Waals surface area contributed by atoms with Gasteiger partial charge in [-0.25, -0.2) is 12.8 Å². The van der Waals surface area contributed by atoms with Gasteiger partial charge in [0.1, 0.15) is 5.82 Å². The van der Waals surface area contributed by atoms with Gasteiger partial charge in [0.05, 0.1) is 10.6 Å². The van der Waals surface area contributed by atoms with Crippen molar-refractivity contribution in [3.05, 3.63) is 94.8 Å². The van der Waals surface area contributed by atoms with E-state index in [-0.39, 0.29) is 34.5 Å². The molecule has 0 aliphatic carbocycles. The van der Waals surface area contributed by atoms with Gasteiger partial charge in [-0.2, -0.15) is 0 Å². The number of anilines is 1. The van der Waals surface area contributed by atoms with Crippen LogP contribution in [-0.2, 0) is 16.6 Å². The molecular formula is C24H24FN3O4S. The fourth-order valence-electron chi connectivity index (χ4n) is 3.20. The van der Waals surface area contributed by atoms with Gasteiger partial charge in [-0.1, -0.05) is 30.3 Å². The summed E-state index contributed by atoms with van der Waals surface area (Å²) < 4.78 is 41.7. The number of halogens is 1. The molecule has 0 aliphatic rings. The molecule has 3 aromatic carbocycles. The van der Waals surface area contributed by atoms with Crippen molar-refractivity contribution in [1.82, 2.24) is 10.2 Å². The molecule has 0 fully saturated rings. The third-order valence-electron chi connectivity index (χ3n) is 5.08. The number of para-hydroxylation sites is 1. The van der Waals surface area contributed by atoms with Crippen molar-refractivity contribution in [3.63, 3.8) is 0 Å². The molecule has 33 heavy (non-hydrogen) atoms. The lowest BCUT2D eigenvalue weighted by molar-refractivity contribution is 0.0783. The number of sulfonamides is 1. The molecule has 0 heterocycles. The Balaban J connectivity index is 1.81. The third-order valence-corrected chi connectivity index (χ3v) is 6.44. The molecule has 7 nitrogen and oxygen atoms in total. The Morgan fingerprint density at radius 1 is 1.00 bits per heavy atom. The smallest absolute Gasteiger partial charge is 0.262 e. The average Bonchev–Trinajstić information content (AvgIpc) is 2.80. The van der Waals surface area contributed by atoms with Crippen LogP contribution >= 0.6 is 0 Å². The first-order chi connectivity index (χ1) is 15.6. The summed E-state index contributed by atoms with van der Waals surface area (Å²) in [4.78, 5) is 26.0. The second kappa shape index (κ2) is 9.83. The average molecular weight is 470 g/mol. The summed E-state index contributed by atoms with van der Waals surface area (Å²) in [7, 11) is -0.956. The highest BCUT2D eigenvalue weighted by Gasteiger charge is 2.21. The number of hydrogen-bond donors (Lipinski definition) is 2. The van der Waals surface area contributed by atoms with Gasteiger partial charge in [-0.3, -0.25) is 14.3 Å². The second-order valence-corrected chi connectivity index (χ2v) is 9.18. The molecular weight excluding hydrogens is 445 g/mol. The van der Waals surface area contributed by atoms with E-state index in [0.717, 1.165) is 11.6 Å². The van der Waals surface area contributed by atoms with Crippen LogP contribution in [0.3, 0.4) is 0 Å². The molecule has 0 spiro atoms. The Hall–Kier alpha value is -3.72. The summed E-state index contributed by atoms with van der Waals surface area (Å²) in [5.74, 6) is -1.28. The number of carbonyl (C=O) groups is 2. The highest BCUT2D eigenvalue weighted by atomic mass is 32.2. The fourth-order valence-corrected chi connectivity index (χ4v) is 4.30. The molecule has 0 saturated carbocycles. The van der Waals surface area contributed by atoms with Gasteiger partial charge in [0.2, 0.25) is 0 Å². The molecule has 3 aromatic rings. The van der Waals surface area contributed by atoms with Crippen molar-refractivity contribution in [1.29, 1.82) is 0 Å². The number of carbonyl (C=O) groups excluding carboxylic acids is 2. The maximum absolute atomic E-state index is 13.9. The normalized spacial score (nSPS) is 11.0. The van der Waals surface area contributed by atoms with Gasteiger partial charge in [0, 0.05) is 31.8 Å². The highest BCUT2D eigenvalue weighted by molar-refractivity contribution is 7.92. The van der Waals surface area contributed by atoms with Crippen LogP contribution in [0.2, 0.25) is 0 Å². The molecule has 172 valence electrons. The van der Waals surface area contributed by atoms with E-state index in [1.165, 1.54) is 41.3 Å². The lowest BCUT2D eigenvalue weighted by atomic mass is 10.1. The topological polar surface area (TPSA) is 95.6 Å². The molecule has 0 atom stereocenters. The van der Waals surface area contributed by atoms with Gasteiger partial charge in [0.25, 0.3) is 21.8 Å². The number of rotatable bonds is 7. The van der Waals surface area contributed by atoms with Crippen molar-refractivity contribution in [3.8, 4) is 0 Å². The number of benzene rings is 3. The van der Waals surface area contributed by atoms with Crippen LogP contribution in [0.5, 0.6) is 0 Å². The van der Waals surface area contributed by atoms with Crippen molar-refractivity contribution in [2.75, 3.05) is 18.8 Å². The monoisotopic (exact) mass is 469 g/mol. The molecule has 0 saturated heterocycles. The number of amides is 2. The number of nitrogens with zero attached hydrogens (tertiary/aromatic N) is 1. The fraction of sp³-hybridized carbons (Fsp3) is 0.167. The zero-order chi connectivity index (χ0) is 24.2. The number of aryl methyl sites for hydroxylation is 1. The molecule has 9 heteroatoms. The molecule has 3 rings (SSSR count). The molecule has 2 N–H and O–H groups in total. The Bertz CT molecular complexity index is 1290. The maximum atomic E-state index is 13.9. The van der Waals surface area contributed by atoms with E-state index in [4.69, 9.17) is 0 Å². The van der Waals surface area contributed by atoms with Gasteiger partial charge < -0.3 is 10.2 Å². The minimum atomic E-state index is -4.11. The minimum absolute atomic E-state index is 0.150. The van der Waals surface area contributed by atoms with Crippen LogP contribution in [-0.4, -0.2) is 39.2 Å². The first kappa shape index (κ1) is 23.9. The summed E-state index contributed by atoms with van der Waals surface area (Å²) in [5, 5.41) is 2.54. The van der Waals surface area contributed by atoms with E-state index < -0.39 is 15.8 Å². The van der Waals surface area contributed by atoms with E-state index in [9.17, 15) is 22.4 Å². The molecule has 0 unspecified atom stereocenters. The van der Waals surface area contributed by atoms with Crippen LogP contribution < -0.4 is 10.0 Å². The van der Waals surface area contributed by atoms with Gasteiger partial charge >= 0.3 is 0 Å². The zero-order valence-corrected chi connectivity index (χ0v) is 19.2. The first-order valence-electron chi connectivity index (χ1n) is 10.1. The summed E-state index contributed by atoms with van der Waals surface area (Å²) in [6, 6.07) is 16.5. The standard InChI is InChI=1S/C24H24FN3O4S/c1-16-8-13-19(33(31,32)27-22-7-5-4-6-21(22)25)14-20(16)24(30)28(3)15-17-9-11-18(12-10-17)23(29)26-2/h4-14,27H,15H2,1-3H3,(H,26,29). The van der Waals surface area contributed by atoms with Crippen molar-refractivity contribution in [2.24, 2.45) is 0 Å². The van der Waals surface area contributed by atoms with Gasteiger partial charge in [-0.05, 0) is 54.4 Å². The Labute approximate surface area is 192 Å². The lowest BCUT2D eigenvalue weighted by Gasteiger charge is -2.19. The summed E-state index contributed by atoms with van der Waals surface area (Å²) in [6.07, 6.45) is 0. The SMILES string of the molecule is CNC(=O)c1ccc(CN(C)C(=O)c2cc(S(=O)(=O)Nc3ccccc3F)ccc2C)cc1. The molecule has 0 aliphatic heterocycles.